The average Bonchev–Trinajstić information content (AvgIpc) is 2.29. The minimum absolute atomic E-state index is 0.0809. The van der Waals surface area contributed by atoms with Gasteiger partial charge in [-0.15, -0.1) is 0 Å². The highest BCUT2D eigenvalue weighted by molar-refractivity contribution is 5.96. The van der Waals surface area contributed by atoms with E-state index in [4.69, 9.17) is 5.11 Å². The fourth-order valence-electron chi connectivity index (χ4n) is 1.16. The monoisotopic (exact) mass is 241 g/mol. The highest BCUT2D eigenvalue weighted by atomic mass is 19.1. The van der Waals surface area contributed by atoms with Crippen LogP contribution in [0.2, 0.25) is 0 Å². The van der Waals surface area contributed by atoms with Gasteiger partial charge in [0.15, 0.2) is 0 Å². The molecule has 0 aliphatic rings. The first-order valence-corrected chi connectivity index (χ1v) is 5.23. The van der Waals surface area contributed by atoms with Crippen molar-refractivity contribution in [1.29, 1.82) is 0 Å². The Bertz CT molecular complexity index is 418. The molecule has 0 radical (unpaired) electrons. The van der Waals surface area contributed by atoms with Crippen molar-refractivity contribution in [3.05, 3.63) is 29.6 Å². The summed E-state index contributed by atoms with van der Waals surface area (Å²) in [6.07, 6.45) is 0. The zero-order chi connectivity index (χ0) is 13.1. The number of carbonyl (C=O) groups excluding carboxylic acids is 1. The highest BCUT2D eigenvalue weighted by Gasteiger charge is 2.19. The standard InChI is InChI=1S/C12H16FNO3/c1-12(2,7-15)6-14-11(17)9-5-8(13)3-4-10(9)16/h3-5,15-16H,6-7H2,1-2H3,(H,14,17). The predicted molar refractivity (Wildman–Crippen MR) is 61.3 cm³/mol. The zero-order valence-corrected chi connectivity index (χ0v) is 9.83. The number of hydrogen-bond donors (Lipinski definition) is 3. The molecule has 0 bridgehead atoms. The maximum absolute atomic E-state index is 12.9. The second-order valence-electron chi connectivity index (χ2n) is 4.67. The van der Waals surface area contributed by atoms with E-state index in [0.29, 0.717) is 0 Å². The number of aliphatic hydroxyl groups is 1. The molecule has 1 aromatic rings. The maximum atomic E-state index is 12.9. The third kappa shape index (κ3) is 3.71. The summed E-state index contributed by atoms with van der Waals surface area (Å²) in [5.74, 6) is -1.43. The number of benzene rings is 1. The van der Waals surface area contributed by atoms with E-state index in [2.05, 4.69) is 5.32 Å². The van der Waals surface area contributed by atoms with Crippen molar-refractivity contribution < 1.29 is 19.4 Å². The molecule has 0 saturated heterocycles. The lowest BCUT2D eigenvalue weighted by Crippen LogP contribution is -2.36. The Morgan fingerprint density at radius 2 is 2.12 bits per heavy atom. The van der Waals surface area contributed by atoms with Gasteiger partial charge in [-0.25, -0.2) is 4.39 Å². The van der Waals surface area contributed by atoms with E-state index in [1.807, 2.05) is 0 Å². The Hall–Kier alpha value is -1.62. The first kappa shape index (κ1) is 13.4. The smallest absolute Gasteiger partial charge is 0.255 e. The molecule has 5 heteroatoms. The van der Waals surface area contributed by atoms with Crippen LogP contribution in [0.1, 0.15) is 24.2 Å². The van der Waals surface area contributed by atoms with E-state index in [-0.39, 0.29) is 24.5 Å². The third-order valence-corrected chi connectivity index (χ3v) is 2.36. The van der Waals surface area contributed by atoms with Crippen LogP contribution in [0, 0.1) is 11.2 Å². The summed E-state index contributed by atoms with van der Waals surface area (Å²) in [6, 6.07) is 3.17. The normalized spacial score (nSPS) is 11.3. The van der Waals surface area contributed by atoms with E-state index < -0.39 is 17.1 Å². The molecule has 0 heterocycles. The van der Waals surface area contributed by atoms with Crippen LogP contribution in [0.25, 0.3) is 0 Å². The highest BCUT2D eigenvalue weighted by Crippen LogP contribution is 2.18. The molecule has 1 amide bonds. The summed E-state index contributed by atoms with van der Waals surface area (Å²) in [7, 11) is 0. The van der Waals surface area contributed by atoms with Gasteiger partial charge in [-0.05, 0) is 18.2 Å². The Balaban J connectivity index is 2.74. The molecule has 94 valence electrons. The molecular weight excluding hydrogens is 225 g/mol. The Labute approximate surface area is 99.1 Å². The summed E-state index contributed by atoms with van der Waals surface area (Å²) in [5, 5.41) is 21.0. The van der Waals surface area contributed by atoms with Crippen molar-refractivity contribution in [3.63, 3.8) is 0 Å². The molecule has 0 spiro atoms. The number of carbonyl (C=O) groups is 1. The van der Waals surface area contributed by atoms with Crippen LogP contribution >= 0.6 is 0 Å². The van der Waals surface area contributed by atoms with Crippen LogP contribution in [-0.2, 0) is 0 Å². The zero-order valence-electron chi connectivity index (χ0n) is 9.83. The van der Waals surface area contributed by atoms with Gasteiger partial charge in [-0.2, -0.15) is 0 Å². The SMILES string of the molecule is CC(C)(CO)CNC(=O)c1cc(F)ccc1O. The molecule has 4 nitrogen and oxygen atoms in total. The number of phenolic OH excluding ortho intramolecular Hbond substituents is 1. The molecule has 0 aliphatic heterocycles. The van der Waals surface area contributed by atoms with Crippen molar-refractivity contribution >= 4 is 5.91 Å². The van der Waals surface area contributed by atoms with Gasteiger partial charge in [0.2, 0.25) is 0 Å². The lowest BCUT2D eigenvalue weighted by molar-refractivity contribution is 0.0908. The van der Waals surface area contributed by atoms with E-state index in [0.717, 1.165) is 18.2 Å². The molecule has 0 aromatic heterocycles. The van der Waals surface area contributed by atoms with Gasteiger partial charge in [0.1, 0.15) is 11.6 Å². The molecule has 0 saturated carbocycles. The van der Waals surface area contributed by atoms with E-state index in [1.54, 1.807) is 13.8 Å². The van der Waals surface area contributed by atoms with Gasteiger partial charge in [-0.3, -0.25) is 4.79 Å². The number of hydrogen-bond acceptors (Lipinski definition) is 3. The van der Waals surface area contributed by atoms with Crippen LogP contribution in [0.4, 0.5) is 4.39 Å². The number of aliphatic hydroxyl groups excluding tert-OH is 1. The largest absolute Gasteiger partial charge is 0.507 e. The number of phenols is 1. The number of nitrogens with one attached hydrogen (secondary N) is 1. The van der Waals surface area contributed by atoms with E-state index >= 15 is 0 Å². The van der Waals surface area contributed by atoms with Crippen LogP contribution in [-0.4, -0.2) is 29.3 Å². The average molecular weight is 241 g/mol. The second-order valence-corrected chi connectivity index (χ2v) is 4.67. The number of rotatable bonds is 4. The van der Waals surface area contributed by atoms with Gasteiger partial charge in [-0.1, -0.05) is 13.8 Å². The molecule has 0 unspecified atom stereocenters. The van der Waals surface area contributed by atoms with Crippen molar-refractivity contribution in [2.75, 3.05) is 13.2 Å². The number of aromatic hydroxyl groups is 1. The number of halogens is 1. The summed E-state index contributed by atoms with van der Waals surface area (Å²) >= 11 is 0. The molecular formula is C12H16FNO3. The predicted octanol–water partition coefficient (Wildman–Crippen LogP) is 1.28. The van der Waals surface area contributed by atoms with Gasteiger partial charge >= 0.3 is 0 Å². The Morgan fingerprint density at radius 1 is 1.47 bits per heavy atom. The quantitative estimate of drug-likeness (QED) is 0.743. The number of amides is 1. The molecule has 3 N–H and O–H groups in total. The van der Waals surface area contributed by atoms with Crippen molar-refractivity contribution in [2.45, 2.75) is 13.8 Å². The summed E-state index contributed by atoms with van der Waals surface area (Å²) in [5.41, 5.74) is -0.572. The first-order chi connectivity index (χ1) is 7.85. The molecule has 0 fully saturated rings. The van der Waals surface area contributed by atoms with Crippen LogP contribution in [0.5, 0.6) is 5.75 Å². The van der Waals surface area contributed by atoms with Gasteiger partial charge < -0.3 is 15.5 Å². The van der Waals surface area contributed by atoms with Crippen molar-refractivity contribution in [2.24, 2.45) is 5.41 Å². The lowest BCUT2D eigenvalue weighted by Gasteiger charge is -2.21. The van der Waals surface area contributed by atoms with Crippen molar-refractivity contribution in [1.82, 2.24) is 5.32 Å². The first-order valence-electron chi connectivity index (χ1n) is 5.23. The topological polar surface area (TPSA) is 69.6 Å². The van der Waals surface area contributed by atoms with Crippen molar-refractivity contribution in [3.8, 4) is 5.75 Å². The van der Waals surface area contributed by atoms with E-state index in [9.17, 15) is 14.3 Å². The Morgan fingerprint density at radius 3 is 2.71 bits per heavy atom. The fourth-order valence-corrected chi connectivity index (χ4v) is 1.16. The maximum Gasteiger partial charge on any atom is 0.255 e. The summed E-state index contributed by atoms with van der Waals surface area (Å²) < 4.78 is 12.9. The van der Waals surface area contributed by atoms with Gasteiger partial charge in [0, 0.05) is 18.6 Å². The van der Waals surface area contributed by atoms with Crippen LogP contribution in [0.15, 0.2) is 18.2 Å². The summed E-state index contributed by atoms with van der Waals surface area (Å²) in [4.78, 5) is 11.7. The minimum Gasteiger partial charge on any atom is -0.507 e. The van der Waals surface area contributed by atoms with Gasteiger partial charge in [0.25, 0.3) is 5.91 Å². The lowest BCUT2D eigenvalue weighted by atomic mass is 9.95. The minimum atomic E-state index is -0.589. The fraction of sp³-hybridized carbons (Fsp3) is 0.417. The third-order valence-electron chi connectivity index (χ3n) is 2.36. The molecule has 17 heavy (non-hydrogen) atoms. The molecule has 0 atom stereocenters. The summed E-state index contributed by atoms with van der Waals surface area (Å²) in [6.45, 7) is 3.71. The molecule has 1 aromatic carbocycles. The second kappa shape index (κ2) is 5.14. The van der Waals surface area contributed by atoms with Crippen LogP contribution < -0.4 is 5.32 Å². The van der Waals surface area contributed by atoms with E-state index in [1.165, 1.54) is 0 Å². The molecule has 1 rings (SSSR count). The van der Waals surface area contributed by atoms with Gasteiger partial charge in [0.05, 0.1) is 5.56 Å². The molecule has 0 aliphatic carbocycles. The Kier molecular flexibility index (Phi) is 4.07. The van der Waals surface area contributed by atoms with Crippen LogP contribution in [0.3, 0.4) is 0 Å².